The first kappa shape index (κ1) is 20.2. The Kier molecular flexibility index (Phi) is 7.90. The molecule has 1 amide bonds. The predicted octanol–water partition coefficient (Wildman–Crippen LogP) is 2.33. The summed E-state index contributed by atoms with van der Waals surface area (Å²) in [4.78, 5) is 34.5. The van der Waals surface area contributed by atoms with Crippen molar-refractivity contribution in [3.8, 4) is 0 Å². The van der Waals surface area contributed by atoms with Crippen molar-refractivity contribution in [2.24, 2.45) is 5.92 Å². The standard InChI is InChI=1S/C15H27NO6/c1-9(2)7-8-11(13(19)21-10(3)12(17)18)16-14(20)22-15(4,5)6/h9-11H,7-8H2,1-6H3,(H,16,20)(H,17,18)/t10-,11-/m0/s1. The number of rotatable bonds is 7. The van der Waals surface area contributed by atoms with Crippen LogP contribution >= 0.6 is 0 Å². The topological polar surface area (TPSA) is 102 Å². The quantitative estimate of drug-likeness (QED) is 0.699. The van der Waals surface area contributed by atoms with Crippen molar-refractivity contribution in [2.75, 3.05) is 0 Å². The molecular formula is C15H27NO6. The first-order valence-corrected chi connectivity index (χ1v) is 7.35. The van der Waals surface area contributed by atoms with Gasteiger partial charge in [0.2, 0.25) is 0 Å². The molecule has 0 aromatic carbocycles. The Morgan fingerprint density at radius 3 is 2.05 bits per heavy atom. The zero-order valence-electron chi connectivity index (χ0n) is 14.1. The summed E-state index contributed by atoms with van der Waals surface area (Å²) < 4.78 is 9.93. The zero-order chi connectivity index (χ0) is 17.5. The van der Waals surface area contributed by atoms with E-state index < -0.39 is 35.8 Å². The summed E-state index contributed by atoms with van der Waals surface area (Å²) in [6, 6.07) is -0.931. The van der Waals surface area contributed by atoms with Gasteiger partial charge in [0.25, 0.3) is 0 Å². The van der Waals surface area contributed by atoms with E-state index in [1.807, 2.05) is 13.8 Å². The third-order valence-corrected chi connectivity index (χ3v) is 2.65. The predicted molar refractivity (Wildman–Crippen MR) is 80.4 cm³/mol. The maximum atomic E-state index is 12.0. The highest BCUT2D eigenvalue weighted by Crippen LogP contribution is 2.11. The second kappa shape index (κ2) is 8.60. The van der Waals surface area contributed by atoms with E-state index in [0.717, 1.165) is 0 Å². The molecule has 0 saturated carbocycles. The summed E-state index contributed by atoms with van der Waals surface area (Å²) in [6.07, 6.45) is -0.977. The minimum atomic E-state index is -1.27. The third kappa shape index (κ3) is 9.20. The van der Waals surface area contributed by atoms with Crippen molar-refractivity contribution >= 4 is 18.0 Å². The highest BCUT2D eigenvalue weighted by Gasteiger charge is 2.28. The minimum absolute atomic E-state index is 0.327. The van der Waals surface area contributed by atoms with Gasteiger partial charge in [-0.15, -0.1) is 0 Å². The van der Waals surface area contributed by atoms with Gasteiger partial charge < -0.3 is 19.9 Å². The van der Waals surface area contributed by atoms with Crippen LogP contribution in [0.5, 0.6) is 0 Å². The van der Waals surface area contributed by atoms with Crippen LogP contribution in [0.1, 0.15) is 54.4 Å². The molecule has 22 heavy (non-hydrogen) atoms. The van der Waals surface area contributed by atoms with Gasteiger partial charge in [-0.2, -0.15) is 0 Å². The van der Waals surface area contributed by atoms with Crippen LogP contribution in [0, 0.1) is 5.92 Å². The molecule has 7 nitrogen and oxygen atoms in total. The van der Waals surface area contributed by atoms with E-state index >= 15 is 0 Å². The van der Waals surface area contributed by atoms with Crippen LogP contribution < -0.4 is 5.32 Å². The van der Waals surface area contributed by atoms with Crippen LogP contribution in [-0.2, 0) is 19.1 Å². The minimum Gasteiger partial charge on any atom is -0.479 e. The number of aliphatic carboxylic acids is 1. The van der Waals surface area contributed by atoms with Crippen molar-refractivity contribution < 1.29 is 29.0 Å². The van der Waals surface area contributed by atoms with E-state index in [0.29, 0.717) is 18.8 Å². The van der Waals surface area contributed by atoms with Gasteiger partial charge in [0, 0.05) is 0 Å². The summed E-state index contributed by atoms with van der Waals surface area (Å²) in [5.74, 6) is -1.69. The number of esters is 1. The highest BCUT2D eigenvalue weighted by molar-refractivity contribution is 5.84. The number of hydrogen-bond acceptors (Lipinski definition) is 5. The number of carboxylic acid groups (broad SMARTS) is 1. The fourth-order valence-corrected chi connectivity index (χ4v) is 1.51. The Labute approximate surface area is 131 Å². The first-order valence-electron chi connectivity index (χ1n) is 7.35. The average Bonchev–Trinajstić information content (AvgIpc) is 2.31. The maximum Gasteiger partial charge on any atom is 0.408 e. The monoisotopic (exact) mass is 317 g/mol. The lowest BCUT2D eigenvalue weighted by Gasteiger charge is -2.23. The van der Waals surface area contributed by atoms with Gasteiger partial charge in [-0.1, -0.05) is 13.8 Å². The Hall–Kier alpha value is -1.79. The molecule has 0 aliphatic rings. The number of carboxylic acids is 1. The van der Waals surface area contributed by atoms with E-state index in [-0.39, 0.29) is 0 Å². The van der Waals surface area contributed by atoms with Crippen molar-refractivity contribution in [2.45, 2.75) is 72.1 Å². The number of nitrogens with one attached hydrogen (secondary N) is 1. The van der Waals surface area contributed by atoms with Gasteiger partial charge in [0.15, 0.2) is 6.10 Å². The van der Waals surface area contributed by atoms with Crippen molar-refractivity contribution in [3.05, 3.63) is 0 Å². The van der Waals surface area contributed by atoms with Gasteiger partial charge >= 0.3 is 18.0 Å². The summed E-state index contributed by atoms with van der Waals surface area (Å²) in [5, 5.41) is 11.2. The Morgan fingerprint density at radius 1 is 1.09 bits per heavy atom. The molecule has 0 bridgehead atoms. The number of amides is 1. The number of hydrogen-bond donors (Lipinski definition) is 2. The molecule has 0 heterocycles. The molecule has 128 valence electrons. The Balaban J connectivity index is 4.77. The lowest BCUT2D eigenvalue weighted by Crippen LogP contribution is -2.45. The summed E-state index contributed by atoms with van der Waals surface area (Å²) >= 11 is 0. The summed E-state index contributed by atoms with van der Waals surface area (Å²) in [6.45, 7) is 10.3. The second-order valence-electron chi connectivity index (χ2n) is 6.59. The third-order valence-electron chi connectivity index (χ3n) is 2.65. The van der Waals surface area contributed by atoms with E-state index in [4.69, 9.17) is 14.6 Å². The number of ether oxygens (including phenoxy) is 2. The zero-order valence-corrected chi connectivity index (χ0v) is 14.1. The van der Waals surface area contributed by atoms with E-state index in [1.54, 1.807) is 20.8 Å². The fraction of sp³-hybridized carbons (Fsp3) is 0.800. The second-order valence-corrected chi connectivity index (χ2v) is 6.59. The number of carbonyl (C=O) groups excluding carboxylic acids is 2. The lowest BCUT2D eigenvalue weighted by atomic mass is 10.0. The first-order chi connectivity index (χ1) is 9.92. The summed E-state index contributed by atoms with van der Waals surface area (Å²) in [5.41, 5.74) is -0.690. The van der Waals surface area contributed by atoms with Gasteiger partial charge in [-0.05, 0) is 46.5 Å². The molecule has 0 rings (SSSR count). The van der Waals surface area contributed by atoms with E-state index in [9.17, 15) is 14.4 Å². The Morgan fingerprint density at radius 2 is 1.64 bits per heavy atom. The summed E-state index contributed by atoms with van der Waals surface area (Å²) in [7, 11) is 0. The highest BCUT2D eigenvalue weighted by atomic mass is 16.6. The molecule has 0 aromatic rings. The van der Waals surface area contributed by atoms with Crippen molar-refractivity contribution in [3.63, 3.8) is 0 Å². The molecule has 0 saturated heterocycles. The Bertz CT molecular complexity index is 399. The molecule has 0 aliphatic heterocycles. The SMILES string of the molecule is CC(C)CC[C@H](NC(=O)OC(C)(C)C)C(=O)O[C@@H](C)C(=O)O. The molecule has 7 heteroatoms. The van der Waals surface area contributed by atoms with Crippen LogP contribution in [0.25, 0.3) is 0 Å². The van der Waals surface area contributed by atoms with Gasteiger partial charge in [0.05, 0.1) is 0 Å². The van der Waals surface area contributed by atoms with Crippen LogP contribution in [-0.4, -0.2) is 40.9 Å². The smallest absolute Gasteiger partial charge is 0.408 e. The van der Waals surface area contributed by atoms with E-state index in [1.165, 1.54) is 6.92 Å². The molecule has 2 N–H and O–H groups in total. The van der Waals surface area contributed by atoms with Crippen LogP contribution in [0.4, 0.5) is 4.79 Å². The average molecular weight is 317 g/mol. The molecule has 0 aromatic heterocycles. The van der Waals surface area contributed by atoms with Gasteiger partial charge in [-0.25, -0.2) is 14.4 Å². The molecular weight excluding hydrogens is 290 g/mol. The molecule has 2 atom stereocenters. The normalized spacial score (nSPS) is 14.1. The molecule has 0 fully saturated rings. The van der Waals surface area contributed by atoms with Crippen molar-refractivity contribution in [1.29, 1.82) is 0 Å². The van der Waals surface area contributed by atoms with Crippen molar-refractivity contribution in [1.82, 2.24) is 5.32 Å². The van der Waals surface area contributed by atoms with Crippen LogP contribution in [0.2, 0.25) is 0 Å². The number of alkyl carbamates (subject to hydrolysis) is 1. The van der Waals surface area contributed by atoms with E-state index in [2.05, 4.69) is 5.32 Å². The van der Waals surface area contributed by atoms with Crippen LogP contribution in [0.3, 0.4) is 0 Å². The molecule has 0 radical (unpaired) electrons. The van der Waals surface area contributed by atoms with Crippen LogP contribution in [0.15, 0.2) is 0 Å². The molecule has 0 spiro atoms. The maximum absolute atomic E-state index is 12.0. The molecule has 0 unspecified atom stereocenters. The molecule has 0 aliphatic carbocycles. The van der Waals surface area contributed by atoms with Gasteiger partial charge in [-0.3, -0.25) is 0 Å². The lowest BCUT2D eigenvalue weighted by molar-refractivity contribution is -0.164. The largest absolute Gasteiger partial charge is 0.479 e. The number of carbonyl (C=O) groups is 3. The van der Waals surface area contributed by atoms with Gasteiger partial charge in [0.1, 0.15) is 11.6 Å². The fourth-order valence-electron chi connectivity index (χ4n) is 1.51.